The van der Waals surface area contributed by atoms with Gasteiger partial charge >= 0.3 is 12.3 Å². The van der Waals surface area contributed by atoms with Crippen LogP contribution in [-0.4, -0.2) is 61.4 Å². The van der Waals surface area contributed by atoms with Crippen molar-refractivity contribution in [3.8, 4) is 22.9 Å². The Labute approximate surface area is 212 Å². The number of amides is 1. The predicted molar refractivity (Wildman–Crippen MR) is 128 cm³/mol. The highest BCUT2D eigenvalue weighted by atomic mass is 19.4. The van der Waals surface area contributed by atoms with E-state index in [0.717, 1.165) is 12.6 Å². The molecule has 0 unspecified atom stereocenters. The van der Waals surface area contributed by atoms with Crippen LogP contribution >= 0.6 is 0 Å². The van der Waals surface area contributed by atoms with Gasteiger partial charge in [-0.25, -0.2) is 9.31 Å². The van der Waals surface area contributed by atoms with Crippen LogP contribution in [0.15, 0.2) is 24.7 Å². The smallest absolute Gasteiger partial charge is 0.425 e. The Bertz CT molecular complexity index is 1340. The normalized spacial score (nSPS) is 16.0. The fraction of sp³-hybridized carbons (Fsp3) is 0.520. The average Bonchev–Trinajstić information content (AvgIpc) is 3.40. The Hall–Kier alpha value is -3.75. The Morgan fingerprint density at radius 3 is 2.46 bits per heavy atom. The summed E-state index contributed by atoms with van der Waals surface area (Å²) in [7, 11) is 0. The number of likely N-dealkylation sites (tertiary alicyclic amines) is 1. The van der Waals surface area contributed by atoms with Crippen LogP contribution in [0.25, 0.3) is 16.6 Å². The number of ether oxygens (including phenoxy) is 2. The van der Waals surface area contributed by atoms with Gasteiger partial charge in [0.2, 0.25) is 0 Å². The van der Waals surface area contributed by atoms with Crippen LogP contribution in [-0.2, 0) is 4.74 Å². The van der Waals surface area contributed by atoms with E-state index >= 15 is 0 Å². The fourth-order valence-corrected chi connectivity index (χ4v) is 4.35. The van der Waals surface area contributed by atoms with Gasteiger partial charge < -0.3 is 14.4 Å². The summed E-state index contributed by atoms with van der Waals surface area (Å²) in [6.45, 7) is 9.33. The van der Waals surface area contributed by atoms with Gasteiger partial charge in [-0.3, -0.25) is 4.68 Å². The monoisotopic (exact) mass is 518 g/mol. The summed E-state index contributed by atoms with van der Waals surface area (Å²) in [4.78, 5) is 14.1. The van der Waals surface area contributed by atoms with Crippen molar-refractivity contribution in [3.63, 3.8) is 0 Å². The molecule has 9 nitrogen and oxygen atoms in total. The van der Waals surface area contributed by atoms with E-state index in [0.29, 0.717) is 37.1 Å². The molecule has 0 aromatic carbocycles. The highest BCUT2D eigenvalue weighted by molar-refractivity contribution is 5.76. The maximum atomic E-state index is 13.2. The Kier molecular flexibility index (Phi) is 6.83. The van der Waals surface area contributed by atoms with Gasteiger partial charge in [-0.05, 0) is 53.5 Å². The van der Waals surface area contributed by atoms with Gasteiger partial charge in [0.15, 0.2) is 6.10 Å². The highest BCUT2D eigenvalue weighted by Crippen LogP contribution is 2.35. The van der Waals surface area contributed by atoms with Crippen LogP contribution in [0.5, 0.6) is 5.75 Å². The van der Waals surface area contributed by atoms with Crippen molar-refractivity contribution < 1.29 is 27.4 Å². The molecule has 1 amide bonds. The lowest BCUT2D eigenvalue weighted by atomic mass is 10.0. The van der Waals surface area contributed by atoms with Crippen LogP contribution < -0.4 is 4.74 Å². The summed E-state index contributed by atoms with van der Waals surface area (Å²) < 4.78 is 53.7. The zero-order chi connectivity index (χ0) is 27.1. The van der Waals surface area contributed by atoms with Crippen molar-refractivity contribution in [3.05, 3.63) is 35.9 Å². The average molecular weight is 519 g/mol. The lowest BCUT2D eigenvalue weighted by Crippen LogP contribution is -2.42. The number of hydrogen-bond acceptors (Lipinski definition) is 6. The molecule has 37 heavy (non-hydrogen) atoms. The van der Waals surface area contributed by atoms with Gasteiger partial charge in [-0.1, -0.05) is 0 Å². The molecule has 0 N–H and O–H groups in total. The number of nitrogens with zero attached hydrogens (tertiary/aromatic N) is 6. The summed E-state index contributed by atoms with van der Waals surface area (Å²) in [6, 6.07) is 3.48. The van der Waals surface area contributed by atoms with Crippen molar-refractivity contribution in [2.45, 2.75) is 71.4 Å². The summed E-state index contributed by atoms with van der Waals surface area (Å²) in [5.74, 6) is -0.0887. The van der Waals surface area contributed by atoms with Gasteiger partial charge in [0, 0.05) is 36.1 Å². The van der Waals surface area contributed by atoms with Crippen molar-refractivity contribution in [2.24, 2.45) is 0 Å². The first-order chi connectivity index (χ1) is 17.3. The van der Waals surface area contributed by atoms with Gasteiger partial charge in [0.05, 0.1) is 18.4 Å². The molecular formula is C25H29F3N6O3. The van der Waals surface area contributed by atoms with Gasteiger partial charge in [-0.15, -0.1) is 0 Å². The molecular weight excluding hydrogens is 489 g/mol. The standard InChI is InChI=1S/C25H29F3N6O3/c1-15-20(13-31-34(15)19-6-8-32(9-7-19)23(35)37-24(3,4)5)17-10-21(36-16(2)25(26,27)28)22-18(11-29)12-30-33(22)14-17/h10,12-14,16,19H,6-9H2,1-5H3/t16-/m0/s1. The van der Waals surface area contributed by atoms with Gasteiger partial charge in [0.1, 0.15) is 28.5 Å². The maximum Gasteiger partial charge on any atom is 0.425 e. The van der Waals surface area contributed by atoms with Crippen LogP contribution in [0.2, 0.25) is 0 Å². The maximum absolute atomic E-state index is 13.2. The van der Waals surface area contributed by atoms with Crippen LogP contribution in [0.4, 0.5) is 18.0 Å². The van der Waals surface area contributed by atoms with E-state index in [4.69, 9.17) is 9.47 Å². The number of fused-ring (bicyclic) bond motifs is 1. The molecule has 0 radical (unpaired) electrons. The second kappa shape index (κ2) is 9.61. The van der Waals surface area contributed by atoms with Crippen LogP contribution in [0.3, 0.4) is 0 Å². The largest absolute Gasteiger partial charge is 0.479 e. The Morgan fingerprint density at radius 1 is 1.19 bits per heavy atom. The van der Waals surface area contributed by atoms with Crippen molar-refractivity contribution in [1.82, 2.24) is 24.3 Å². The number of halogens is 3. The summed E-state index contributed by atoms with van der Waals surface area (Å²) >= 11 is 0. The molecule has 12 heteroatoms. The van der Waals surface area contributed by atoms with E-state index in [9.17, 15) is 23.2 Å². The van der Waals surface area contributed by atoms with Crippen molar-refractivity contribution >= 4 is 11.6 Å². The molecule has 198 valence electrons. The number of pyridine rings is 1. The second-order valence-corrected chi connectivity index (χ2v) is 10.1. The second-order valence-electron chi connectivity index (χ2n) is 10.1. The van der Waals surface area contributed by atoms with Crippen LogP contribution in [0, 0.1) is 18.3 Å². The first-order valence-electron chi connectivity index (χ1n) is 12.0. The first kappa shape index (κ1) is 26.3. The quantitative estimate of drug-likeness (QED) is 0.466. The minimum Gasteiger partial charge on any atom is -0.479 e. The van der Waals surface area contributed by atoms with Crippen molar-refractivity contribution in [1.29, 1.82) is 5.26 Å². The third kappa shape index (κ3) is 5.50. The van der Waals surface area contributed by atoms with E-state index < -0.39 is 17.9 Å². The molecule has 1 saturated heterocycles. The lowest BCUT2D eigenvalue weighted by molar-refractivity contribution is -0.189. The zero-order valence-electron chi connectivity index (χ0n) is 21.3. The number of nitriles is 1. The van der Waals surface area contributed by atoms with E-state index in [1.807, 2.05) is 38.4 Å². The first-order valence-corrected chi connectivity index (χ1v) is 12.0. The zero-order valence-corrected chi connectivity index (χ0v) is 21.3. The molecule has 0 aliphatic carbocycles. The minimum atomic E-state index is -4.57. The highest BCUT2D eigenvalue weighted by Gasteiger charge is 2.38. The number of aromatic nitrogens is 4. The topological polar surface area (TPSA) is 97.7 Å². The summed E-state index contributed by atoms with van der Waals surface area (Å²) in [5, 5.41) is 18.1. The molecule has 1 atom stereocenters. The molecule has 4 rings (SSSR count). The van der Waals surface area contributed by atoms with Gasteiger partial charge in [0.25, 0.3) is 0 Å². The molecule has 0 spiro atoms. The van der Waals surface area contributed by atoms with Crippen molar-refractivity contribution in [2.75, 3.05) is 13.1 Å². The minimum absolute atomic E-state index is 0.0482. The molecule has 1 aliphatic rings. The third-order valence-electron chi connectivity index (χ3n) is 6.28. The number of hydrogen-bond donors (Lipinski definition) is 0. The molecule has 1 aliphatic heterocycles. The summed E-state index contributed by atoms with van der Waals surface area (Å²) in [6.07, 6.45) is -1.04. The molecule has 0 bridgehead atoms. The molecule has 3 aromatic heterocycles. The molecule has 0 saturated carbocycles. The number of piperidine rings is 1. The lowest BCUT2D eigenvalue weighted by Gasteiger charge is -2.33. The SMILES string of the molecule is Cc1c(-c2cc(O[C@@H](C)C(F)(F)F)c3c(C#N)cnn3c2)cnn1C1CCN(C(=O)OC(C)(C)C)CC1. The van der Waals surface area contributed by atoms with Gasteiger partial charge in [-0.2, -0.15) is 28.6 Å². The van der Waals surface area contributed by atoms with E-state index in [1.54, 1.807) is 17.3 Å². The Balaban J connectivity index is 1.60. The van der Waals surface area contributed by atoms with Crippen LogP contribution in [0.1, 0.15) is 57.8 Å². The molecule has 3 aromatic rings. The predicted octanol–water partition coefficient (Wildman–Crippen LogP) is 5.28. The summed E-state index contributed by atoms with van der Waals surface area (Å²) in [5.41, 5.74) is 1.79. The van der Waals surface area contributed by atoms with E-state index in [-0.39, 0.29) is 29.0 Å². The molecule has 1 fully saturated rings. The number of alkyl halides is 3. The molecule has 4 heterocycles. The fourth-order valence-electron chi connectivity index (χ4n) is 4.35. The Morgan fingerprint density at radius 2 is 1.86 bits per heavy atom. The van der Waals surface area contributed by atoms with E-state index in [1.165, 1.54) is 16.8 Å². The number of rotatable bonds is 4. The third-order valence-corrected chi connectivity index (χ3v) is 6.28. The number of carbonyl (C=O) groups excluding carboxylic acids is 1. The van der Waals surface area contributed by atoms with E-state index in [2.05, 4.69) is 10.2 Å². The number of carbonyl (C=O) groups is 1.